The van der Waals surface area contributed by atoms with Crippen molar-refractivity contribution in [3.8, 4) is 22.7 Å². The highest BCUT2D eigenvalue weighted by Gasteiger charge is 2.47. The molecule has 4 heterocycles. The third-order valence-electron chi connectivity index (χ3n) is 6.27. The molecule has 1 fully saturated rings. The van der Waals surface area contributed by atoms with Crippen LogP contribution in [0.25, 0.3) is 22.7 Å². The van der Waals surface area contributed by atoms with Crippen LogP contribution in [-0.4, -0.2) is 60.4 Å². The molecule has 1 saturated carbocycles. The molecule has 0 aliphatic heterocycles. The lowest BCUT2D eigenvalue weighted by Gasteiger charge is -2.26. The molecular weight excluding hydrogens is 418 g/mol. The molecular formula is C23H27N9O. The Morgan fingerprint density at radius 1 is 1.09 bits per heavy atom. The van der Waals surface area contributed by atoms with Gasteiger partial charge in [0.2, 0.25) is 5.95 Å². The Kier molecular flexibility index (Phi) is 5.37. The van der Waals surface area contributed by atoms with Crippen molar-refractivity contribution in [2.24, 2.45) is 5.92 Å². The second kappa shape index (κ2) is 8.36. The predicted octanol–water partition coefficient (Wildman–Crippen LogP) is 2.64. The number of nitrogen functional groups attached to an aromatic ring is 1. The number of rotatable bonds is 8. The fourth-order valence-electron chi connectivity index (χ4n) is 4.00. The van der Waals surface area contributed by atoms with Crippen molar-refractivity contribution in [1.82, 2.24) is 39.8 Å². The number of nitrogens with two attached hydrogens (primary N) is 1. The number of hydrogen-bond donors (Lipinski definition) is 1. The number of hydrogen-bond acceptors (Lipinski definition) is 9. The molecule has 0 unspecified atom stereocenters. The summed E-state index contributed by atoms with van der Waals surface area (Å²) < 4.78 is 7.56. The summed E-state index contributed by atoms with van der Waals surface area (Å²) in [6.07, 6.45) is 11.2. The lowest BCUT2D eigenvalue weighted by atomic mass is 9.77. The van der Waals surface area contributed by atoms with E-state index < -0.39 is 0 Å². The number of nitrogens with zero attached hydrogens (tertiary/aromatic N) is 8. The minimum atomic E-state index is -0.383. The molecule has 2 N–H and O–H groups in total. The first-order valence-electron chi connectivity index (χ1n) is 11.0. The van der Waals surface area contributed by atoms with Crippen LogP contribution in [0.2, 0.25) is 0 Å². The second-order valence-corrected chi connectivity index (χ2v) is 8.96. The Hall–Kier alpha value is -3.66. The highest BCUT2D eigenvalue weighted by molar-refractivity contribution is 5.58. The Labute approximate surface area is 191 Å². The predicted molar refractivity (Wildman–Crippen MR) is 123 cm³/mol. The molecule has 4 aromatic rings. The minimum Gasteiger partial charge on any atom is -0.368 e. The van der Waals surface area contributed by atoms with Crippen molar-refractivity contribution < 1.29 is 4.52 Å². The van der Waals surface area contributed by atoms with Crippen LogP contribution in [0.15, 0.2) is 47.6 Å². The van der Waals surface area contributed by atoms with E-state index in [4.69, 9.17) is 15.2 Å². The average molecular weight is 446 g/mol. The van der Waals surface area contributed by atoms with Gasteiger partial charge in [0.15, 0.2) is 5.82 Å². The largest absolute Gasteiger partial charge is 0.368 e. The van der Waals surface area contributed by atoms with E-state index >= 15 is 0 Å². The molecule has 4 aromatic heterocycles. The van der Waals surface area contributed by atoms with Gasteiger partial charge in [-0.3, -0.25) is 9.67 Å². The summed E-state index contributed by atoms with van der Waals surface area (Å²) in [7, 11) is 4.08. The monoisotopic (exact) mass is 445 g/mol. The van der Waals surface area contributed by atoms with Crippen LogP contribution in [0.5, 0.6) is 0 Å². The van der Waals surface area contributed by atoms with Crippen LogP contribution in [0.3, 0.4) is 0 Å². The zero-order chi connectivity index (χ0) is 23.0. The summed E-state index contributed by atoms with van der Waals surface area (Å²) in [5.74, 6) is 1.84. The van der Waals surface area contributed by atoms with E-state index in [2.05, 4.69) is 43.1 Å². The van der Waals surface area contributed by atoms with Crippen molar-refractivity contribution in [3.05, 3.63) is 54.5 Å². The number of likely N-dealkylation sites (N-methyl/N-ethyl adjacent to an activating group) is 1. The van der Waals surface area contributed by atoms with Gasteiger partial charge in [-0.15, -0.1) is 0 Å². The summed E-state index contributed by atoms with van der Waals surface area (Å²) in [5.41, 5.74) is 8.69. The van der Waals surface area contributed by atoms with E-state index in [1.54, 1.807) is 18.6 Å². The molecule has 1 aliphatic carbocycles. The summed E-state index contributed by atoms with van der Waals surface area (Å²) in [4.78, 5) is 19.7. The molecule has 0 saturated heterocycles. The molecule has 0 aromatic carbocycles. The summed E-state index contributed by atoms with van der Waals surface area (Å²) in [5, 5.41) is 8.80. The van der Waals surface area contributed by atoms with Gasteiger partial charge in [0.25, 0.3) is 5.89 Å². The van der Waals surface area contributed by atoms with Crippen LogP contribution in [0.1, 0.15) is 31.2 Å². The standard InChI is InChI=1S/C23H27N9O/c1-23(17-4-5-17,18-6-7-19(25-13-18)15-10-26-22(24)27-11-15)21-29-20(33-30-21)16-12-28-32(14-16)9-8-31(2)3/h6-7,10-14,17H,4-5,8-9H2,1-3H3,(H2,24,26,27)/t23-/m1/s1. The van der Waals surface area contributed by atoms with Crippen LogP contribution < -0.4 is 5.73 Å². The smallest absolute Gasteiger partial charge is 0.261 e. The molecule has 5 rings (SSSR count). The molecule has 0 spiro atoms. The molecule has 10 nitrogen and oxygen atoms in total. The lowest BCUT2D eigenvalue weighted by molar-refractivity contribution is 0.373. The van der Waals surface area contributed by atoms with Gasteiger partial charge in [-0.2, -0.15) is 10.1 Å². The van der Waals surface area contributed by atoms with Crippen molar-refractivity contribution in [2.75, 3.05) is 26.4 Å². The summed E-state index contributed by atoms with van der Waals surface area (Å²) in [6, 6.07) is 4.05. The zero-order valence-electron chi connectivity index (χ0n) is 19.0. The van der Waals surface area contributed by atoms with Crippen molar-refractivity contribution in [2.45, 2.75) is 31.7 Å². The van der Waals surface area contributed by atoms with Gasteiger partial charge >= 0.3 is 0 Å². The maximum Gasteiger partial charge on any atom is 0.261 e. The van der Waals surface area contributed by atoms with Crippen LogP contribution in [0, 0.1) is 5.92 Å². The van der Waals surface area contributed by atoms with E-state index in [0.717, 1.165) is 48.3 Å². The molecule has 1 aliphatic rings. The van der Waals surface area contributed by atoms with Crippen LogP contribution >= 0.6 is 0 Å². The third kappa shape index (κ3) is 4.21. The Morgan fingerprint density at radius 3 is 2.55 bits per heavy atom. The molecule has 33 heavy (non-hydrogen) atoms. The van der Waals surface area contributed by atoms with Crippen molar-refractivity contribution in [1.29, 1.82) is 0 Å². The fraction of sp³-hybridized carbons (Fsp3) is 0.391. The SMILES string of the molecule is CN(C)CCn1cc(-c2nc([C@@](C)(c3ccc(-c4cnc(N)nc4)nc3)C3CC3)no2)cn1. The van der Waals surface area contributed by atoms with Crippen LogP contribution in [-0.2, 0) is 12.0 Å². The van der Waals surface area contributed by atoms with E-state index in [9.17, 15) is 0 Å². The van der Waals surface area contributed by atoms with E-state index in [1.165, 1.54) is 0 Å². The van der Waals surface area contributed by atoms with Crippen molar-refractivity contribution in [3.63, 3.8) is 0 Å². The number of anilines is 1. The molecule has 1 atom stereocenters. The van der Waals surface area contributed by atoms with Gasteiger partial charge < -0.3 is 15.2 Å². The number of aromatic nitrogens is 7. The third-order valence-corrected chi connectivity index (χ3v) is 6.27. The molecule has 0 bridgehead atoms. The average Bonchev–Trinajstić information content (AvgIpc) is 3.37. The number of pyridine rings is 1. The van der Waals surface area contributed by atoms with Crippen LogP contribution in [0.4, 0.5) is 5.95 Å². The minimum absolute atomic E-state index is 0.243. The van der Waals surface area contributed by atoms with Gasteiger partial charge in [0.1, 0.15) is 0 Å². The Bertz CT molecular complexity index is 1230. The molecule has 10 heteroatoms. The van der Waals surface area contributed by atoms with Gasteiger partial charge in [-0.25, -0.2) is 9.97 Å². The van der Waals surface area contributed by atoms with E-state index in [-0.39, 0.29) is 11.4 Å². The zero-order valence-corrected chi connectivity index (χ0v) is 19.0. The van der Waals surface area contributed by atoms with Gasteiger partial charge in [-0.05, 0) is 51.4 Å². The Morgan fingerprint density at radius 2 is 1.88 bits per heavy atom. The summed E-state index contributed by atoms with van der Waals surface area (Å²) in [6.45, 7) is 3.87. The quantitative estimate of drug-likeness (QED) is 0.436. The van der Waals surface area contributed by atoms with Gasteiger partial charge in [0, 0.05) is 36.9 Å². The maximum absolute atomic E-state index is 5.67. The highest BCUT2D eigenvalue weighted by atomic mass is 16.5. The normalized spacial score (nSPS) is 15.6. The molecule has 0 amide bonds. The first-order chi connectivity index (χ1) is 15.9. The first kappa shape index (κ1) is 21.2. The first-order valence-corrected chi connectivity index (χ1v) is 11.0. The van der Waals surface area contributed by atoms with E-state index in [1.807, 2.05) is 37.2 Å². The summed E-state index contributed by atoms with van der Waals surface area (Å²) >= 11 is 0. The maximum atomic E-state index is 5.67. The Balaban J connectivity index is 1.41. The lowest BCUT2D eigenvalue weighted by Crippen LogP contribution is -2.28. The van der Waals surface area contributed by atoms with E-state index in [0.29, 0.717) is 17.6 Å². The van der Waals surface area contributed by atoms with Gasteiger partial charge in [0.05, 0.1) is 29.4 Å². The van der Waals surface area contributed by atoms with Crippen molar-refractivity contribution >= 4 is 5.95 Å². The fourth-order valence-corrected chi connectivity index (χ4v) is 4.00. The molecule has 0 radical (unpaired) electrons. The molecule has 170 valence electrons. The van der Waals surface area contributed by atoms with Gasteiger partial charge in [-0.1, -0.05) is 11.2 Å². The topological polar surface area (TPSA) is 125 Å². The highest BCUT2D eigenvalue weighted by Crippen LogP contribution is 2.50. The second-order valence-electron chi connectivity index (χ2n) is 8.96.